The number of nitrogen functional groups attached to an aromatic ring is 1. The monoisotopic (exact) mass is 404 g/mol. The van der Waals surface area contributed by atoms with E-state index in [0.717, 1.165) is 25.9 Å². The van der Waals surface area contributed by atoms with Crippen molar-refractivity contribution in [2.75, 3.05) is 18.8 Å². The highest BCUT2D eigenvalue weighted by Crippen LogP contribution is 2.35. The molecule has 1 atom stereocenters. The zero-order valence-corrected chi connectivity index (χ0v) is 16.3. The van der Waals surface area contributed by atoms with Crippen LogP contribution in [0.2, 0.25) is 0 Å². The summed E-state index contributed by atoms with van der Waals surface area (Å²) >= 11 is 0. The number of benzene rings is 2. The van der Waals surface area contributed by atoms with Crippen molar-refractivity contribution in [2.45, 2.75) is 18.9 Å². The topological polar surface area (TPSA) is 90.9 Å². The molecule has 3 heterocycles. The Labute approximate surface area is 172 Å². The summed E-state index contributed by atoms with van der Waals surface area (Å²) in [6, 6.07) is 14.1. The van der Waals surface area contributed by atoms with Crippen molar-refractivity contribution in [3.05, 3.63) is 60.7 Å². The van der Waals surface area contributed by atoms with Crippen LogP contribution < -0.4 is 15.8 Å². The second kappa shape index (κ2) is 7.72. The fraction of sp³-hybridized carbons (Fsp3) is 0.227. The Hall–Kier alpha value is -3.52. The lowest BCUT2D eigenvalue weighted by atomic mass is 10.1. The molecule has 2 aromatic heterocycles. The SMILES string of the molecule is Nc1ncnc2c1c(-c1ccc(Oc3ccccc3)c(F)c1)nn2C1CCCNC1. The van der Waals surface area contributed by atoms with E-state index in [9.17, 15) is 4.39 Å². The van der Waals surface area contributed by atoms with Gasteiger partial charge in [-0.25, -0.2) is 19.0 Å². The normalized spacial score (nSPS) is 16.6. The van der Waals surface area contributed by atoms with E-state index in [4.69, 9.17) is 15.6 Å². The number of hydrogen-bond donors (Lipinski definition) is 2. The molecule has 1 unspecified atom stereocenters. The van der Waals surface area contributed by atoms with Crippen molar-refractivity contribution in [1.29, 1.82) is 0 Å². The van der Waals surface area contributed by atoms with Crippen LogP contribution in [0.4, 0.5) is 10.2 Å². The van der Waals surface area contributed by atoms with Gasteiger partial charge in [0.1, 0.15) is 23.6 Å². The van der Waals surface area contributed by atoms with E-state index < -0.39 is 5.82 Å². The number of nitrogens with one attached hydrogen (secondary N) is 1. The molecular formula is C22H21FN6O. The Balaban J connectivity index is 1.56. The number of para-hydroxylation sites is 1. The van der Waals surface area contributed by atoms with Crippen LogP contribution >= 0.6 is 0 Å². The number of nitrogens with zero attached hydrogens (tertiary/aromatic N) is 4. The van der Waals surface area contributed by atoms with Crippen molar-refractivity contribution >= 4 is 16.9 Å². The predicted octanol–water partition coefficient (Wildman–Crippen LogP) is 3.93. The highest BCUT2D eigenvalue weighted by Gasteiger charge is 2.24. The van der Waals surface area contributed by atoms with Gasteiger partial charge < -0.3 is 15.8 Å². The van der Waals surface area contributed by atoms with Crippen LogP contribution in [0.15, 0.2) is 54.9 Å². The van der Waals surface area contributed by atoms with E-state index in [1.165, 1.54) is 12.4 Å². The van der Waals surface area contributed by atoms with Gasteiger partial charge in [-0.05, 0) is 49.7 Å². The number of nitrogens with two attached hydrogens (primary N) is 1. The van der Waals surface area contributed by atoms with Crippen LogP contribution in [0.1, 0.15) is 18.9 Å². The third kappa shape index (κ3) is 3.35. The number of fused-ring (bicyclic) bond motifs is 1. The maximum atomic E-state index is 14.9. The molecule has 7 nitrogen and oxygen atoms in total. The highest BCUT2D eigenvalue weighted by molar-refractivity contribution is 5.98. The molecular weight excluding hydrogens is 383 g/mol. The number of piperidine rings is 1. The average Bonchev–Trinajstić information content (AvgIpc) is 3.18. The first-order valence-electron chi connectivity index (χ1n) is 9.93. The van der Waals surface area contributed by atoms with Crippen molar-refractivity contribution in [1.82, 2.24) is 25.1 Å². The van der Waals surface area contributed by atoms with E-state index >= 15 is 0 Å². The number of halogens is 1. The second-order valence-electron chi connectivity index (χ2n) is 7.31. The van der Waals surface area contributed by atoms with Gasteiger partial charge in [0.25, 0.3) is 0 Å². The van der Waals surface area contributed by atoms with Crippen molar-refractivity contribution < 1.29 is 9.13 Å². The van der Waals surface area contributed by atoms with Crippen molar-refractivity contribution in [3.63, 3.8) is 0 Å². The van der Waals surface area contributed by atoms with E-state index in [0.29, 0.717) is 33.9 Å². The largest absolute Gasteiger partial charge is 0.454 e. The summed E-state index contributed by atoms with van der Waals surface area (Å²) in [5.41, 5.74) is 8.00. The zero-order chi connectivity index (χ0) is 20.5. The van der Waals surface area contributed by atoms with Crippen LogP contribution in [0.3, 0.4) is 0 Å². The fourth-order valence-electron chi connectivity index (χ4n) is 3.84. The van der Waals surface area contributed by atoms with Crippen LogP contribution in [-0.2, 0) is 0 Å². The Morgan fingerprint density at radius 1 is 1.13 bits per heavy atom. The third-order valence-corrected chi connectivity index (χ3v) is 5.31. The van der Waals surface area contributed by atoms with Crippen LogP contribution in [0.25, 0.3) is 22.3 Å². The van der Waals surface area contributed by atoms with Gasteiger partial charge in [-0.3, -0.25) is 0 Å². The lowest BCUT2D eigenvalue weighted by molar-refractivity contribution is 0.354. The maximum Gasteiger partial charge on any atom is 0.166 e. The molecule has 1 aliphatic heterocycles. The molecule has 1 saturated heterocycles. The van der Waals surface area contributed by atoms with Crippen molar-refractivity contribution in [2.24, 2.45) is 0 Å². The molecule has 0 radical (unpaired) electrons. The molecule has 4 aromatic rings. The number of rotatable bonds is 4. The van der Waals surface area contributed by atoms with E-state index in [-0.39, 0.29) is 11.8 Å². The summed E-state index contributed by atoms with van der Waals surface area (Å²) < 4.78 is 22.4. The average molecular weight is 404 g/mol. The van der Waals surface area contributed by atoms with E-state index in [1.807, 2.05) is 22.9 Å². The molecule has 0 bridgehead atoms. The molecule has 0 spiro atoms. The molecule has 1 aliphatic rings. The van der Waals surface area contributed by atoms with Gasteiger partial charge in [0.2, 0.25) is 0 Å². The minimum absolute atomic E-state index is 0.148. The first kappa shape index (κ1) is 18.5. The second-order valence-corrected chi connectivity index (χ2v) is 7.31. The molecule has 0 aliphatic carbocycles. The van der Waals surface area contributed by atoms with Gasteiger partial charge >= 0.3 is 0 Å². The number of hydrogen-bond acceptors (Lipinski definition) is 6. The minimum Gasteiger partial charge on any atom is -0.454 e. The molecule has 5 rings (SSSR count). The number of anilines is 1. The first-order chi connectivity index (χ1) is 14.7. The molecule has 30 heavy (non-hydrogen) atoms. The molecule has 152 valence electrons. The van der Waals surface area contributed by atoms with Crippen LogP contribution in [0, 0.1) is 5.82 Å². The molecule has 8 heteroatoms. The lowest BCUT2D eigenvalue weighted by Crippen LogP contribution is -2.32. The third-order valence-electron chi connectivity index (χ3n) is 5.31. The smallest absolute Gasteiger partial charge is 0.166 e. The number of aromatic nitrogens is 4. The maximum absolute atomic E-state index is 14.9. The Bertz CT molecular complexity index is 1190. The fourth-order valence-corrected chi connectivity index (χ4v) is 3.84. The molecule has 3 N–H and O–H groups in total. The van der Waals surface area contributed by atoms with Gasteiger partial charge in [0.15, 0.2) is 17.2 Å². The van der Waals surface area contributed by atoms with Gasteiger partial charge in [-0.1, -0.05) is 18.2 Å². The first-order valence-corrected chi connectivity index (χ1v) is 9.93. The Kier molecular flexibility index (Phi) is 4.76. The zero-order valence-electron chi connectivity index (χ0n) is 16.3. The highest BCUT2D eigenvalue weighted by atomic mass is 19.1. The van der Waals surface area contributed by atoms with Crippen LogP contribution in [0.5, 0.6) is 11.5 Å². The van der Waals surface area contributed by atoms with Gasteiger partial charge in [0, 0.05) is 12.1 Å². The summed E-state index contributed by atoms with van der Waals surface area (Å²) in [6.07, 6.45) is 3.49. The molecule has 0 saturated carbocycles. The molecule has 1 fully saturated rings. The Morgan fingerprint density at radius 2 is 2.00 bits per heavy atom. The minimum atomic E-state index is -0.478. The van der Waals surface area contributed by atoms with Crippen molar-refractivity contribution in [3.8, 4) is 22.8 Å². The summed E-state index contributed by atoms with van der Waals surface area (Å²) in [5.74, 6) is 0.569. The van der Waals surface area contributed by atoms with Gasteiger partial charge in [-0.2, -0.15) is 5.10 Å². The standard InChI is InChI=1S/C22H21FN6O/c23-17-11-14(8-9-18(17)30-16-6-2-1-3-7-16)20-19-21(24)26-13-27-22(19)29(28-20)15-5-4-10-25-12-15/h1-3,6-9,11,13,15,25H,4-5,10,12H2,(H2,24,26,27). The quantitative estimate of drug-likeness (QED) is 0.536. The van der Waals surface area contributed by atoms with E-state index in [2.05, 4.69) is 15.3 Å². The molecule has 0 amide bonds. The van der Waals surface area contributed by atoms with E-state index in [1.54, 1.807) is 24.3 Å². The summed E-state index contributed by atoms with van der Waals surface area (Å²) in [5, 5.41) is 8.81. The summed E-state index contributed by atoms with van der Waals surface area (Å²) in [4.78, 5) is 8.55. The van der Waals surface area contributed by atoms with Crippen LogP contribution in [-0.4, -0.2) is 32.8 Å². The summed E-state index contributed by atoms with van der Waals surface area (Å²) in [6.45, 7) is 1.80. The number of ether oxygens (including phenoxy) is 1. The Morgan fingerprint density at radius 3 is 2.77 bits per heavy atom. The lowest BCUT2D eigenvalue weighted by Gasteiger charge is -2.23. The summed E-state index contributed by atoms with van der Waals surface area (Å²) in [7, 11) is 0. The van der Waals surface area contributed by atoms with Gasteiger partial charge in [-0.15, -0.1) is 0 Å². The van der Waals surface area contributed by atoms with Gasteiger partial charge in [0.05, 0.1) is 11.4 Å². The molecule has 2 aromatic carbocycles. The predicted molar refractivity (Wildman–Crippen MR) is 113 cm³/mol.